The molecule has 0 aliphatic rings. The topological polar surface area (TPSA) is 22.1 Å². The molecule has 0 N–H and O–H groups in total. The molecule has 0 saturated carbocycles. The Morgan fingerprint density at radius 1 is 0.682 bits per heavy atom. The number of nitrogens with zero attached hydrogens (tertiary/aromatic N) is 1. The van der Waals surface area contributed by atoms with Crippen molar-refractivity contribution in [3.05, 3.63) is 71.8 Å². The summed E-state index contributed by atoms with van der Waals surface area (Å²) in [4.78, 5) is 4.80. The fraction of sp³-hybridized carbons (Fsp3) is 0.150. The summed E-state index contributed by atoms with van der Waals surface area (Å²) in [5, 5.41) is 0. The van der Waals surface area contributed by atoms with Gasteiger partial charge in [0, 0.05) is 23.3 Å². The van der Waals surface area contributed by atoms with E-state index < -0.39 is 0 Å². The summed E-state index contributed by atoms with van der Waals surface area (Å²) in [5.74, 6) is 0.821. The van der Waals surface area contributed by atoms with Gasteiger partial charge < -0.3 is 4.74 Å². The van der Waals surface area contributed by atoms with Gasteiger partial charge in [0.1, 0.15) is 5.75 Å². The van der Waals surface area contributed by atoms with E-state index in [9.17, 15) is 0 Å². The minimum absolute atomic E-state index is 0.821. The molecule has 22 heavy (non-hydrogen) atoms. The predicted octanol–water partition coefficient (Wildman–Crippen LogP) is 5.04. The van der Waals surface area contributed by atoms with Gasteiger partial charge in [0.2, 0.25) is 0 Å². The van der Waals surface area contributed by atoms with Crippen LogP contribution in [0.15, 0.2) is 60.7 Å². The molecule has 2 nitrogen and oxygen atoms in total. The maximum Gasteiger partial charge on any atom is 0.123 e. The average molecular weight is 289 g/mol. The van der Waals surface area contributed by atoms with Crippen LogP contribution in [0.2, 0.25) is 0 Å². The lowest BCUT2D eigenvalue weighted by atomic mass is 10.1. The van der Waals surface area contributed by atoms with Crippen LogP contribution in [0.3, 0.4) is 0 Å². The van der Waals surface area contributed by atoms with E-state index in [0.29, 0.717) is 0 Å². The molecule has 0 fully saturated rings. The smallest absolute Gasteiger partial charge is 0.123 e. The van der Waals surface area contributed by atoms with Gasteiger partial charge in [0.25, 0.3) is 0 Å². The third-order valence-corrected chi connectivity index (χ3v) is 3.73. The van der Waals surface area contributed by atoms with E-state index in [4.69, 9.17) is 9.72 Å². The number of aromatic nitrogens is 1. The highest BCUT2D eigenvalue weighted by Gasteiger charge is 2.07. The standard InChI is InChI=1S/C20H19NO/c1-14-4-8-16(9-5-14)19-12-18(22-3)13-20(21-19)17-10-6-15(2)7-11-17/h4-13H,1-3H3. The second kappa shape index (κ2) is 6.02. The first kappa shape index (κ1) is 14.3. The van der Waals surface area contributed by atoms with Crippen LogP contribution in [0.5, 0.6) is 5.75 Å². The highest BCUT2D eigenvalue weighted by Crippen LogP contribution is 2.28. The van der Waals surface area contributed by atoms with Crippen molar-refractivity contribution in [2.24, 2.45) is 0 Å². The molecule has 3 aromatic rings. The van der Waals surface area contributed by atoms with Crippen molar-refractivity contribution in [1.82, 2.24) is 4.98 Å². The van der Waals surface area contributed by atoms with Gasteiger partial charge in [0.15, 0.2) is 0 Å². The van der Waals surface area contributed by atoms with Crippen molar-refractivity contribution < 1.29 is 4.74 Å². The third-order valence-electron chi connectivity index (χ3n) is 3.73. The summed E-state index contributed by atoms with van der Waals surface area (Å²) in [6.45, 7) is 4.17. The van der Waals surface area contributed by atoms with Crippen molar-refractivity contribution in [3.8, 4) is 28.3 Å². The number of ether oxygens (including phenoxy) is 1. The molecule has 0 aliphatic heterocycles. The summed E-state index contributed by atoms with van der Waals surface area (Å²) < 4.78 is 5.45. The number of methoxy groups -OCH3 is 1. The van der Waals surface area contributed by atoms with Gasteiger partial charge >= 0.3 is 0 Å². The average Bonchev–Trinajstić information content (AvgIpc) is 2.55. The van der Waals surface area contributed by atoms with Gasteiger partial charge in [-0.2, -0.15) is 0 Å². The molecular weight excluding hydrogens is 270 g/mol. The van der Waals surface area contributed by atoms with Crippen molar-refractivity contribution >= 4 is 0 Å². The second-order valence-electron chi connectivity index (χ2n) is 5.51. The lowest BCUT2D eigenvalue weighted by Gasteiger charge is -2.09. The highest BCUT2D eigenvalue weighted by atomic mass is 16.5. The zero-order chi connectivity index (χ0) is 15.5. The Balaban J connectivity index is 2.10. The van der Waals surface area contributed by atoms with Crippen molar-refractivity contribution in [2.75, 3.05) is 7.11 Å². The number of hydrogen-bond acceptors (Lipinski definition) is 2. The number of benzene rings is 2. The summed E-state index contributed by atoms with van der Waals surface area (Å²) in [7, 11) is 1.69. The number of hydrogen-bond donors (Lipinski definition) is 0. The first-order valence-electron chi connectivity index (χ1n) is 7.36. The molecule has 1 aromatic heterocycles. The quantitative estimate of drug-likeness (QED) is 0.674. The van der Waals surface area contributed by atoms with Crippen LogP contribution in [0, 0.1) is 13.8 Å². The molecule has 0 amide bonds. The Morgan fingerprint density at radius 2 is 1.09 bits per heavy atom. The molecule has 1 heterocycles. The van der Waals surface area contributed by atoms with Crippen LogP contribution in [0.4, 0.5) is 0 Å². The summed E-state index contributed by atoms with van der Waals surface area (Å²) in [5.41, 5.74) is 6.52. The van der Waals surface area contributed by atoms with Gasteiger partial charge in [-0.15, -0.1) is 0 Å². The summed E-state index contributed by atoms with van der Waals surface area (Å²) >= 11 is 0. The van der Waals surface area contributed by atoms with Gasteiger partial charge in [0.05, 0.1) is 18.5 Å². The fourth-order valence-electron chi connectivity index (χ4n) is 2.37. The van der Waals surface area contributed by atoms with Gasteiger partial charge in [-0.1, -0.05) is 59.7 Å². The van der Waals surface area contributed by atoms with Gasteiger partial charge in [-0.05, 0) is 13.8 Å². The van der Waals surface area contributed by atoms with Crippen molar-refractivity contribution in [3.63, 3.8) is 0 Å². The molecule has 0 radical (unpaired) electrons. The minimum atomic E-state index is 0.821. The van der Waals surface area contributed by atoms with Crippen LogP contribution in [0.25, 0.3) is 22.5 Å². The van der Waals surface area contributed by atoms with Crippen LogP contribution in [-0.2, 0) is 0 Å². The van der Waals surface area contributed by atoms with E-state index in [-0.39, 0.29) is 0 Å². The summed E-state index contributed by atoms with van der Waals surface area (Å²) in [6.07, 6.45) is 0. The number of rotatable bonds is 3. The SMILES string of the molecule is COc1cc(-c2ccc(C)cc2)nc(-c2ccc(C)cc2)c1. The van der Waals surface area contributed by atoms with Crippen LogP contribution in [0.1, 0.15) is 11.1 Å². The van der Waals surface area contributed by atoms with Crippen molar-refractivity contribution in [2.45, 2.75) is 13.8 Å². The Bertz CT molecular complexity index is 710. The Kier molecular flexibility index (Phi) is 3.92. The van der Waals surface area contributed by atoms with Crippen LogP contribution in [-0.4, -0.2) is 12.1 Å². The van der Waals surface area contributed by atoms with Crippen LogP contribution >= 0.6 is 0 Å². The maximum atomic E-state index is 5.45. The first-order valence-corrected chi connectivity index (χ1v) is 7.36. The lowest BCUT2D eigenvalue weighted by molar-refractivity contribution is 0.414. The molecule has 0 unspecified atom stereocenters. The Morgan fingerprint density at radius 3 is 1.45 bits per heavy atom. The first-order chi connectivity index (χ1) is 10.7. The summed E-state index contributed by atoms with van der Waals surface area (Å²) in [6, 6.07) is 20.7. The fourth-order valence-corrected chi connectivity index (χ4v) is 2.37. The van der Waals surface area contributed by atoms with Crippen LogP contribution < -0.4 is 4.74 Å². The van der Waals surface area contributed by atoms with E-state index in [0.717, 1.165) is 28.3 Å². The molecule has 2 heteroatoms. The Labute approximate surface area is 131 Å². The molecule has 0 spiro atoms. The largest absolute Gasteiger partial charge is 0.497 e. The lowest BCUT2D eigenvalue weighted by Crippen LogP contribution is -1.92. The zero-order valence-electron chi connectivity index (χ0n) is 13.1. The number of pyridine rings is 1. The molecule has 0 aliphatic carbocycles. The van der Waals surface area contributed by atoms with E-state index in [2.05, 4.69) is 62.4 Å². The second-order valence-corrected chi connectivity index (χ2v) is 5.51. The molecule has 2 aromatic carbocycles. The van der Waals surface area contributed by atoms with Gasteiger partial charge in [-0.25, -0.2) is 4.98 Å². The molecule has 0 bridgehead atoms. The van der Waals surface area contributed by atoms with Gasteiger partial charge in [-0.3, -0.25) is 0 Å². The predicted molar refractivity (Wildman–Crippen MR) is 91.1 cm³/mol. The molecule has 110 valence electrons. The number of aryl methyl sites for hydroxylation is 2. The Hall–Kier alpha value is -2.61. The normalized spacial score (nSPS) is 10.5. The van der Waals surface area contributed by atoms with E-state index in [1.54, 1.807) is 7.11 Å². The van der Waals surface area contributed by atoms with E-state index in [1.165, 1.54) is 11.1 Å². The molecule has 0 saturated heterocycles. The monoisotopic (exact) mass is 289 g/mol. The van der Waals surface area contributed by atoms with E-state index >= 15 is 0 Å². The van der Waals surface area contributed by atoms with E-state index in [1.807, 2.05) is 12.1 Å². The third kappa shape index (κ3) is 3.01. The maximum absolute atomic E-state index is 5.45. The molecular formula is C20H19NO. The minimum Gasteiger partial charge on any atom is -0.497 e. The molecule has 3 rings (SSSR count). The van der Waals surface area contributed by atoms with Crippen molar-refractivity contribution in [1.29, 1.82) is 0 Å². The highest BCUT2D eigenvalue weighted by molar-refractivity contribution is 5.68. The zero-order valence-corrected chi connectivity index (χ0v) is 13.1. The molecule has 0 atom stereocenters.